The minimum absolute atomic E-state index is 0.339. The quantitative estimate of drug-likeness (QED) is 0.592. The maximum Gasteiger partial charge on any atom is 0.191 e. The number of rotatable bonds is 7. The molecule has 1 aromatic heterocycles. The van der Waals surface area contributed by atoms with E-state index in [1.807, 2.05) is 11.3 Å². The predicted octanol–water partition coefficient (Wildman–Crippen LogP) is 2.48. The van der Waals surface area contributed by atoms with Gasteiger partial charge in [0.2, 0.25) is 0 Å². The van der Waals surface area contributed by atoms with Gasteiger partial charge in [0, 0.05) is 30.6 Å². The first-order valence-corrected chi connectivity index (χ1v) is 9.52. The normalized spacial score (nSPS) is 19.3. The van der Waals surface area contributed by atoms with Gasteiger partial charge in [-0.3, -0.25) is 9.89 Å². The highest BCUT2D eigenvalue weighted by molar-refractivity contribution is 7.10. The number of guanidine groups is 1. The van der Waals surface area contributed by atoms with Crippen LogP contribution in [-0.4, -0.2) is 56.3 Å². The first kappa shape index (κ1) is 18.2. The lowest BCUT2D eigenvalue weighted by molar-refractivity contribution is 0.0186. The van der Waals surface area contributed by atoms with Crippen LogP contribution in [-0.2, 0) is 4.74 Å². The number of nitrogens with zero attached hydrogens (tertiary/aromatic N) is 2. The first-order chi connectivity index (χ1) is 11.2. The molecule has 0 aliphatic carbocycles. The van der Waals surface area contributed by atoms with Crippen LogP contribution in [0.1, 0.15) is 38.1 Å². The Morgan fingerprint density at radius 2 is 2.17 bits per heavy atom. The standard InChI is InChI=1S/C17H30N4OS/c1-4-14(3)20-17(18-5-2)19-13-15(16-7-6-12-23-16)21-8-10-22-11-9-21/h6-7,12,14-15H,4-5,8-11,13H2,1-3H3,(H2,18,19,20). The number of aliphatic imine (C=N–C) groups is 1. The van der Waals surface area contributed by atoms with Crippen molar-refractivity contribution >= 4 is 17.3 Å². The largest absolute Gasteiger partial charge is 0.379 e. The van der Waals surface area contributed by atoms with Gasteiger partial charge in [-0.2, -0.15) is 0 Å². The smallest absolute Gasteiger partial charge is 0.191 e. The van der Waals surface area contributed by atoms with Gasteiger partial charge in [-0.25, -0.2) is 0 Å². The lowest BCUT2D eigenvalue weighted by Gasteiger charge is -2.33. The Morgan fingerprint density at radius 1 is 1.39 bits per heavy atom. The summed E-state index contributed by atoms with van der Waals surface area (Å²) in [6, 6.07) is 5.11. The van der Waals surface area contributed by atoms with E-state index in [4.69, 9.17) is 9.73 Å². The molecule has 5 nitrogen and oxygen atoms in total. The van der Waals surface area contributed by atoms with Crippen LogP contribution < -0.4 is 10.6 Å². The summed E-state index contributed by atoms with van der Waals surface area (Å²) in [5, 5.41) is 8.97. The molecule has 2 heterocycles. The molecule has 1 aliphatic rings. The number of hydrogen-bond donors (Lipinski definition) is 2. The molecule has 0 saturated carbocycles. The number of hydrogen-bond acceptors (Lipinski definition) is 4. The molecule has 0 spiro atoms. The van der Waals surface area contributed by atoms with Crippen molar-refractivity contribution in [3.8, 4) is 0 Å². The molecule has 1 saturated heterocycles. The van der Waals surface area contributed by atoms with Gasteiger partial charge in [0.25, 0.3) is 0 Å². The van der Waals surface area contributed by atoms with Crippen molar-refractivity contribution in [2.75, 3.05) is 39.4 Å². The third-order valence-corrected chi connectivity index (χ3v) is 5.09. The molecule has 2 atom stereocenters. The molecular weight excluding hydrogens is 308 g/mol. The number of ether oxygens (including phenoxy) is 1. The molecule has 1 fully saturated rings. The SMILES string of the molecule is CCNC(=NCC(c1cccs1)N1CCOCC1)NC(C)CC. The number of nitrogens with one attached hydrogen (secondary N) is 2. The fourth-order valence-electron chi connectivity index (χ4n) is 2.59. The Hall–Kier alpha value is -1.11. The van der Waals surface area contributed by atoms with Crippen molar-refractivity contribution < 1.29 is 4.74 Å². The average Bonchev–Trinajstić information content (AvgIpc) is 3.10. The van der Waals surface area contributed by atoms with Crippen LogP contribution in [0.3, 0.4) is 0 Å². The first-order valence-electron chi connectivity index (χ1n) is 8.64. The van der Waals surface area contributed by atoms with Crippen molar-refractivity contribution in [3.63, 3.8) is 0 Å². The Bertz CT molecular complexity index is 457. The van der Waals surface area contributed by atoms with Crippen molar-refractivity contribution in [2.24, 2.45) is 4.99 Å². The van der Waals surface area contributed by atoms with E-state index in [0.717, 1.165) is 51.8 Å². The van der Waals surface area contributed by atoms with Gasteiger partial charge in [-0.1, -0.05) is 13.0 Å². The van der Waals surface area contributed by atoms with E-state index in [1.165, 1.54) is 4.88 Å². The van der Waals surface area contributed by atoms with E-state index in [-0.39, 0.29) is 0 Å². The van der Waals surface area contributed by atoms with Crippen LogP contribution >= 0.6 is 11.3 Å². The van der Waals surface area contributed by atoms with Gasteiger partial charge >= 0.3 is 0 Å². The second-order valence-corrected chi connectivity index (χ2v) is 6.83. The summed E-state index contributed by atoms with van der Waals surface area (Å²) in [7, 11) is 0. The van der Waals surface area contributed by atoms with Gasteiger partial charge in [-0.05, 0) is 31.7 Å². The third-order valence-electron chi connectivity index (χ3n) is 4.12. The van der Waals surface area contributed by atoms with E-state index in [9.17, 15) is 0 Å². The van der Waals surface area contributed by atoms with Gasteiger partial charge in [0.1, 0.15) is 0 Å². The molecule has 0 amide bonds. The van der Waals surface area contributed by atoms with Crippen LogP contribution in [0.25, 0.3) is 0 Å². The van der Waals surface area contributed by atoms with Crippen LogP contribution in [0.15, 0.2) is 22.5 Å². The molecule has 6 heteroatoms. The zero-order chi connectivity index (χ0) is 16.5. The highest BCUT2D eigenvalue weighted by atomic mass is 32.1. The van der Waals surface area contributed by atoms with E-state index in [0.29, 0.717) is 12.1 Å². The molecule has 2 unspecified atom stereocenters. The molecule has 1 aliphatic heterocycles. The molecule has 0 aromatic carbocycles. The topological polar surface area (TPSA) is 48.9 Å². The predicted molar refractivity (Wildman–Crippen MR) is 98.3 cm³/mol. The van der Waals surface area contributed by atoms with E-state index >= 15 is 0 Å². The van der Waals surface area contributed by atoms with E-state index in [2.05, 4.69) is 53.8 Å². The summed E-state index contributed by atoms with van der Waals surface area (Å²) in [5.41, 5.74) is 0. The zero-order valence-electron chi connectivity index (χ0n) is 14.5. The summed E-state index contributed by atoms with van der Waals surface area (Å²) < 4.78 is 5.50. The fourth-order valence-corrected chi connectivity index (χ4v) is 3.44. The highest BCUT2D eigenvalue weighted by Crippen LogP contribution is 2.26. The van der Waals surface area contributed by atoms with Crippen molar-refractivity contribution in [3.05, 3.63) is 22.4 Å². The van der Waals surface area contributed by atoms with Crippen LogP contribution in [0, 0.1) is 0 Å². The number of thiophene rings is 1. The molecule has 130 valence electrons. The second-order valence-electron chi connectivity index (χ2n) is 5.85. The Balaban J connectivity index is 2.07. The number of morpholine rings is 1. The van der Waals surface area contributed by atoms with Crippen LogP contribution in [0.4, 0.5) is 0 Å². The molecule has 1 aromatic rings. The van der Waals surface area contributed by atoms with E-state index < -0.39 is 0 Å². The summed E-state index contributed by atoms with van der Waals surface area (Å²) in [6.07, 6.45) is 1.09. The Labute approximate surface area is 144 Å². The van der Waals surface area contributed by atoms with E-state index in [1.54, 1.807) is 0 Å². The zero-order valence-corrected chi connectivity index (χ0v) is 15.4. The monoisotopic (exact) mass is 338 g/mol. The van der Waals surface area contributed by atoms with Gasteiger partial charge < -0.3 is 15.4 Å². The molecule has 23 heavy (non-hydrogen) atoms. The van der Waals surface area contributed by atoms with Crippen molar-refractivity contribution in [2.45, 2.75) is 39.3 Å². The molecule has 0 radical (unpaired) electrons. The van der Waals surface area contributed by atoms with Crippen molar-refractivity contribution in [1.82, 2.24) is 15.5 Å². The Morgan fingerprint density at radius 3 is 2.78 bits per heavy atom. The average molecular weight is 339 g/mol. The summed E-state index contributed by atoms with van der Waals surface area (Å²) in [5.74, 6) is 0.914. The summed E-state index contributed by atoms with van der Waals surface area (Å²) in [6.45, 7) is 11.7. The van der Waals surface area contributed by atoms with Crippen LogP contribution in [0.5, 0.6) is 0 Å². The minimum atomic E-state index is 0.339. The maximum atomic E-state index is 5.50. The molecule has 2 N–H and O–H groups in total. The fraction of sp³-hybridized carbons (Fsp3) is 0.706. The highest BCUT2D eigenvalue weighted by Gasteiger charge is 2.23. The van der Waals surface area contributed by atoms with Gasteiger partial charge in [-0.15, -0.1) is 11.3 Å². The Kier molecular flexibility index (Phi) is 7.85. The molecule has 0 bridgehead atoms. The third kappa shape index (κ3) is 5.79. The molecular formula is C17H30N4OS. The summed E-state index contributed by atoms with van der Waals surface area (Å²) >= 11 is 1.82. The maximum absolute atomic E-state index is 5.50. The minimum Gasteiger partial charge on any atom is -0.379 e. The van der Waals surface area contributed by atoms with Gasteiger partial charge in [0.15, 0.2) is 5.96 Å². The van der Waals surface area contributed by atoms with Crippen LogP contribution in [0.2, 0.25) is 0 Å². The lowest BCUT2D eigenvalue weighted by Crippen LogP contribution is -2.43. The summed E-state index contributed by atoms with van der Waals surface area (Å²) in [4.78, 5) is 8.73. The van der Waals surface area contributed by atoms with Gasteiger partial charge in [0.05, 0.1) is 25.8 Å². The van der Waals surface area contributed by atoms with Crippen molar-refractivity contribution in [1.29, 1.82) is 0 Å². The molecule has 2 rings (SSSR count). The second kappa shape index (κ2) is 9.90. The lowest BCUT2D eigenvalue weighted by atomic mass is 10.2.